The molecule has 96 valence electrons. The van der Waals surface area contributed by atoms with E-state index >= 15 is 0 Å². The summed E-state index contributed by atoms with van der Waals surface area (Å²) in [6.07, 6.45) is -3.27. The van der Waals surface area contributed by atoms with E-state index in [1.54, 1.807) is 13.8 Å². The first-order valence-corrected chi connectivity index (χ1v) is 4.79. The molecule has 1 unspecified atom stereocenters. The van der Waals surface area contributed by atoms with Crippen LogP contribution in [0.2, 0.25) is 0 Å². The summed E-state index contributed by atoms with van der Waals surface area (Å²) in [7, 11) is 0. The summed E-state index contributed by atoms with van der Waals surface area (Å²) < 4.78 is 39.4. The molecule has 1 atom stereocenters. The van der Waals surface area contributed by atoms with E-state index < -0.39 is 24.5 Å². The Balaban J connectivity index is 2.99. The summed E-state index contributed by atoms with van der Waals surface area (Å²) in [6, 6.07) is 0. The Morgan fingerprint density at radius 2 is 2.18 bits per heavy atom. The van der Waals surface area contributed by atoms with Crippen molar-refractivity contribution in [1.82, 2.24) is 9.55 Å². The summed E-state index contributed by atoms with van der Waals surface area (Å²) in [5.74, 6) is -2.89. The van der Waals surface area contributed by atoms with Crippen molar-refractivity contribution in [2.24, 2.45) is 16.8 Å². The second kappa shape index (κ2) is 4.64. The molecule has 0 spiro atoms. The molecule has 0 saturated heterocycles. The van der Waals surface area contributed by atoms with Gasteiger partial charge in [-0.1, -0.05) is 5.16 Å². The largest absolute Gasteiger partial charge is 0.409 e. The number of hydrogen-bond donors (Lipinski definition) is 2. The number of hydrogen-bond acceptors (Lipinski definition) is 3. The SMILES string of the molecule is Cc1ncn(CC(C(N)=NO)C(F)(F)F)c1C. The molecule has 0 fully saturated rings. The van der Waals surface area contributed by atoms with Crippen molar-refractivity contribution in [1.29, 1.82) is 0 Å². The number of nitrogens with two attached hydrogens (primary N) is 1. The molecule has 0 saturated carbocycles. The fraction of sp³-hybridized carbons (Fsp3) is 0.556. The lowest BCUT2D eigenvalue weighted by molar-refractivity contribution is -0.159. The van der Waals surface area contributed by atoms with Crippen molar-refractivity contribution in [3.63, 3.8) is 0 Å². The number of rotatable bonds is 3. The molecule has 0 aliphatic heterocycles. The Morgan fingerprint density at radius 3 is 2.53 bits per heavy atom. The number of alkyl halides is 3. The van der Waals surface area contributed by atoms with E-state index in [0.29, 0.717) is 11.4 Å². The van der Waals surface area contributed by atoms with Gasteiger partial charge in [-0.15, -0.1) is 0 Å². The minimum absolute atomic E-state index is 0.452. The maximum absolute atomic E-state index is 12.7. The Hall–Kier alpha value is -1.73. The first-order chi connectivity index (χ1) is 7.77. The number of oxime groups is 1. The molecule has 0 aliphatic rings. The van der Waals surface area contributed by atoms with Crippen molar-refractivity contribution < 1.29 is 18.4 Å². The summed E-state index contributed by atoms with van der Waals surface area (Å²) in [5.41, 5.74) is 6.31. The maximum Gasteiger partial charge on any atom is 0.400 e. The maximum atomic E-state index is 12.7. The second-order valence-corrected chi connectivity index (χ2v) is 3.69. The van der Waals surface area contributed by atoms with Gasteiger partial charge in [-0.2, -0.15) is 13.2 Å². The van der Waals surface area contributed by atoms with Crippen LogP contribution in [0.4, 0.5) is 13.2 Å². The van der Waals surface area contributed by atoms with E-state index in [4.69, 9.17) is 10.9 Å². The third-order valence-electron chi connectivity index (χ3n) is 2.59. The molecule has 8 heteroatoms. The zero-order chi connectivity index (χ0) is 13.2. The van der Waals surface area contributed by atoms with Crippen LogP contribution in [0.5, 0.6) is 0 Å². The average Bonchev–Trinajstić information content (AvgIpc) is 2.54. The van der Waals surface area contributed by atoms with E-state index in [2.05, 4.69) is 10.1 Å². The van der Waals surface area contributed by atoms with Crippen LogP contribution < -0.4 is 5.73 Å². The molecule has 1 aromatic rings. The third-order valence-corrected chi connectivity index (χ3v) is 2.59. The highest BCUT2D eigenvalue weighted by molar-refractivity contribution is 5.82. The van der Waals surface area contributed by atoms with Crippen LogP contribution in [0.15, 0.2) is 11.5 Å². The molecule has 0 bridgehead atoms. The lowest BCUT2D eigenvalue weighted by atomic mass is 10.1. The highest BCUT2D eigenvalue weighted by Gasteiger charge is 2.43. The summed E-state index contributed by atoms with van der Waals surface area (Å²) in [5, 5.41) is 10.8. The average molecular weight is 250 g/mol. The number of imidazole rings is 1. The summed E-state index contributed by atoms with van der Waals surface area (Å²) >= 11 is 0. The molecule has 1 aromatic heterocycles. The van der Waals surface area contributed by atoms with Gasteiger partial charge in [0.05, 0.1) is 12.0 Å². The monoisotopic (exact) mass is 250 g/mol. The zero-order valence-corrected chi connectivity index (χ0v) is 9.36. The quantitative estimate of drug-likeness (QED) is 0.368. The van der Waals surface area contributed by atoms with Crippen molar-refractivity contribution in [3.05, 3.63) is 17.7 Å². The second-order valence-electron chi connectivity index (χ2n) is 3.69. The first kappa shape index (κ1) is 13.3. The standard InChI is InChI=1S/C9H13F3N4O/c1-5-6(2)16(4-14-5)3-7(8(13)15-17)9(10,11)12/h4,7,17H,3H2,1-2H3,(H2,13,15). The molecule has 5 nitrogen and oxygen atoms in total. The molecule has 0 aliphatic carbocycles. The smallest absolute Gasteiger partial charge is 0.400 e. The Kier molecular flexibility index (Phi) is 3.64. The summed E-state index contributed by atoms with van der Waals surface area (Å²) in [6.45, 7) is 2.89. The fourth-order valence-electron chi connectivity index (χ4n) is 1.36. The molecular weight excluding hydrogens is 237 g/mol. The van der Waals surface area contributed by atoms with Crippen molar-refractivity contribution >= 4 is 5.84 Å². The van der Waals surface area contributed by atoms with Gasteiger partial charge in [0.25, 0.3) is 0 Å². The molecule has 1 heterocycles. The normalized spacial score (nSPS) is 15.0. The lowest BCUT2D eigenvalue weighted by Gasteiger charge is -2.19. The van der Waals surface area contributed by atoms with Crippen molar-refractivity contribution in [2.45, 2.75) is 26.6 Å². The van der Waals surface area contributed by atoms with Gasteiger partial charge < -0.3 is 15.5 Å². The Morgan fingerprint density at radius 1 is 1.59 bits per heavy atom. The highest BCUT2D eigenvalue weighted by Crippen LogP contribution is 2.28. The lowest BCUT2D eigenvalue weighted by Crippen LogP contribution is -2.39. The molecule has 0 aromatic carbocycles. The number of aryl methyl sites for hydroxylation is 1. The van der Waals surface area contributed by atoms with Gasteiger partial charge in [-0.05, 0) is 13.8 Å². The topological polar surface area (TPSA) is 76.4 Å². The number of nitrogens with zero attached hydrogens (tertiary/aromatic N) is 3. The predicted octanol–water partition coefficient (Wildman–Crippen LogP) is 1.42. The fourth-order valence-corrected chi connectivity index (χ4v) is 1.36. The van der Waals surface area contributed by atoms with E-state index in [1.807, 2.05) is 0 Å². The minimum Gasteiger partial charge on any atom is -0.409 e. The van der Waals surface area contributed by atoms with E-state index in [-0.39, 0.29) is 0 Å². The van der Waals surface area contributed by atoms with Gasteiger partial charge in [-0.25, -0.2) is 4.98 Å². The van der Waals surface area contributed by atoms with Crippen LogP contribution in [0.25, 0.3) is 0 Å². The van der Waals surface area contributed by atoms with Gasteiger partial charge in [0.15, 0.2) is 5.84 Å². The first-order valence-electron chi connectivity index (χ1n) is 4.79. The molecule has 0 amide bonds. The third kappa shape index (κ3) is 2.89. The highest BCUT2D eigenvalue weighted by atomic mass is 19.4. The van der Waals surface area contributed by atoms with Crippen LogP contribution in [0.1, 0.15) is 11.4 Å². The summed E-state index contributed by atoms with van der Waals surface area (Å²) in [4.78, 5) is 3.89. The van der Waals surface area contributed by atoms with Crippen molar-refractivity contribution in [3.8, 4) is 0 Å². The molecule has 0 radical (unpaired) electrons. The number of halogens is 3. The number of amidine groups is 1. The Bertz CT molecular complexity index is 424. The van der Waals surface area contributed by atoms with Gasteiger partial charge in [0.2, 0.25) is 0 Å². The van der Waals surface area contributed by atoms with E-state index in [0.717, 1.165) is 0 Å². The van der Waals surface area contributed by atoms with Crippen LogP contribution in [-0.4, -0.2) is 26.8 Å². The molecule has 1 rings (SSSR count). The van der Waals surface area contributed by atoms with Crippen molar-refractivity contribution in [2.75, 3.05) is 0 Å². The van der Waals surface area contributed by atoms with Crippen LogP contribution >= 0.6 is 0 Å². The van der Waals surface area contributed by atoms with Crippen LogP contribution in [-0.2, 0) is 6.54 Å². The van der Waals surface area contributed by atoms with Gasteiger partial charge >= 0.3 is 6.18 Å². The van der Waals surface area contributed by atoms with Gasteiger partial charge in [0, 0.05) is 12.2 Å². The van der Waals surface area contributed by atoms with Crippen LogP contribution in [0, 0.1) is 19.8 Å². The van der Waals surface area contributed by atoms with Gasteiger partial charge in [0.1, 0.15) is 5.92 Å². The predicted molar refractivity (Wildman–Crippen MR) is 54.7 cm³/mol. The molecular formula is C9H13F3N4O. The van der Waals surface area contributed by atoms with Gasteiger partial charge in [-0.3, -0.25) is 0 Å². The molecule has 3 N–H and O–H groups in total. The van der Waals surface area contributed by atoms with Crippen LogP contribution in [0.3, 0.4) is 0 Å². The zero-order valence-electron chi connectivity index (χ0n) is 9.36. The number of aromatic nitrogens is 2. The van der Waals surface area contributed by atoms with E-state index in [9.17, 15) is 13.2 Å². The molecule has 17 heavy (non-hydrogen) atoms. The minimum atomic E-state index is -4.57. The Labute approximate surface area is 95.7 Å². The van der Waals surface area contributed by atoms with E-state index in [1.165, 1.54) is 10.9 Å².